The largest absolute Gasteiger partial charge is 0.438 e. The Labute approximate surface area is 136 Å². The summed E-state index contributed by atoms with van der Waals surface area (Å²) in [6, 6.07) is 6.83. The van der Waals surface area contributed by atoms with Crippen LogP contribution in [-0.2, 0) is 13.1 Å². The van der Waals surface area contributed by atoms with E-state index in [4.69, 9.17) is 4.42 Å². The van der Waals surface area contributed by atoms with Gasteiger partial charge in [0, 0.05) is 19.0 Å². The number of hydrogen-bond acceptors (Lipinski definition) is 4. The fraction of sp³-hybridized carbons (Fsp3) is 0.556. The Bertz CT molecular complexity index is 732. The van der Waals surface area contributed by atoms with Crippen molar-refractivity contribution in [2.75, 3.05) is 6.54 Å². The minimum absolute atomic E-state index is 0.347. The molecular formula is C18H25N3O2. The van der Waals surface area contributed by atoms with Gasteiger partial charge in [-0.1, -0.05) is 25.1 Å². The molecule has 0 N–H and O–H groups in total. The van der Waals surface area contributed by atoms with Gasteiger partial charge in [0.15, 0.2) is 0 Å². The summed E-state index contributed by atoms with van der Waals surface area (Å²) in [5.74, 6) is 0.194. The SMILES string of the molecule is CCCc1nn(CN2CCCC2c2cccc(C)c2C)c(=O)o1. The van der Waals surface area contributed by atoms with Gasteiger partial charge in [-0.25, -0.2) is 4.79 Å². The van der Waals surface area contributed by atoms with Gasteiger partial charge >= 0.3 is 5.76 Å². The molecule has 3 rings (SSSR count). The van der Waals surface area contributed by atoms with Gasteiger partial charge in [0.05, 0.1) is 0 Å². The third-order valence-electron chi connectivity index (χ3n) is 4.80. The van der Waals surface area contributed by atoms with Crippen LogP contribution in [0.1, 0.15) is 54.8 Å². The lowest BCUT2D eigenvalue weighted by molar-refractivity contribution is 0.184. The number of aryl methyl sites for hydroxylation is 2. The van der Waals surface area contributed by atoms with Crippen molar-refractivity contribution in [3.63, 3.8) is 0 Å². The predicted molar refractivity (Wildman–Crippen MR) is 89.4 cm³/mol. The van der Waals surface area contributed by atoms with E-state index in [0.29, 0.717) is 25.0 Å². The number of hydrogen-bond donors (Lipinski definition) is 0. The van der Waals surface area contributed by atoms with Crippen LogP contribution in [0.5, 0.6) is 0 Å². The number of aromatic nitrogens is 2. The monoisotopic (exact) mass is 315 g/mol. The molecule has 0 amide bonds. The van der Waals surface area contributed by atoms with Crippen LogP contribution in [0.2, 0.25) is 0 Å². The molecule has 23 heavy (non-hydrogen) atoms. The van der Waals surface area contributed by atoms with Gasteiger partial charge in [0.1, 0.15) is 6.67 Å². The molecule has 0 radical (unpaired) electrons. The Morgan fingerprint density at radius 1 is 1.35 bits per heavy atom. The maximum atomic E-state index is 12.0. The summed E-state index contributed by atoms with van der Waals surface area (Å²) in [5.41, 5.74) is 4.04. The second-order valence-corrected chi connectivity index (χ2v) is 6.41. The highest BCUT2D eigenvalue weighted by Gasteiger charge is 2.28. The van der Waals surface area contributed by atoms with Crippen molar-refractivity contribution in [3.8, 4) is 0 Å². The molecule has 5 nitrogen and oxygen atoms in total. The summed E-state index contributed by atoms with van der Waals surface area (Å²) in [6.07, 6.45) is 3.91. The Balaban J connectivity index is 1.82. The average molecular weight is 315 g/mol. The molecule has 0 bridgehead atoms. The fourth-order valence-corrected chi connectivity index (χ4v) is 3.41. The fourth-order valence-electron chi connectivity index (χ4n) is 3.41. The Kier molecular flexibility index (Phi) is 4.66. The Morgan fingerprint density at radius 3 is 2.96 bits per heavy atom. The molecule has 1 fully saturated rings. The number of benzene rings is 1. The summed E-state index contributed by atoms with van der Waals surface area (Å²) < 4.78 is 6.69. The van der Waals surface area contributed by atoms with Gasteiger partial charge in [-0.15, -0.1) is 5.10 Å². The highest BCUT2D eigenvalue weighted by molar-refractivity contribution is 5.35. The summed E-state index contributed by atoms with van der Waals surface area (Å²) in [7, 11) is 0. The lowest BCUT2D eigenvalue weighted by Crippen LogP contribution is -2.31. The standard InChI is InChI=1S/C18H25N3O2/c1-4-7-17-19-21(18(22)23-17)12-20-11-6-10-16(20)15-9-5-8-13(2)14(15)3/h5,8-9,16H,4,6-7,10-12H2,1-3H3. The zero-order valence-corrected chi connectivity index (χ0v) is 14.2. The number of rotatable bonds is 5. The van der Waals surface area contributed by atoms with Gasteiger partial charge in [0.2, 0.25) is 5.89 Å². The van der Waals surface area contributed by atoms with E-state index in [1.165, 1.54) is 21.4 Å². The van der Waals surface area contributed by atoms with Gasteiger partial charge in [-0.05, 0) is 49.8 Å². The minimum atomic E-state index is -0.347. The first kappa shape index (κ1) is 16.0. The molecule has 1 atom stereocenters. The average Bonchev–Trinajstić information content (AvgIpc) is 3.10. The van der Waals surface area contributed by atoms with Crippen molar-refractivity contribution >= 4 is 0 Å². The molecule has 1 aliphatic rings. The van der Waals surface area contributed by atoms with Crippen LogP contribution >= 0.6 is 0 Å². The molecule has 2 aromatic rings. The van der Waals surface area contributed by atoms with Crippen LogP contribution in [0, 0.1) is 13.8 Å². The van der Waals surface area contributed by atoms with Crippen LogP contribution < -0.4 is 5.76 Å². The van der Waals surface area contributed by atoms with Crippen molar-refractivity contribution in [2.45, 2.75) is 59.2 Å². The second kappa shape index (κ2) is 6.71. The lowest BCUT2D eigenvalue weighted by Gasteiger charge is -2.25. The first-order valence-electron chi connectivity index (χ1n) is 8.47. The minimum Gasteiger partial charge on any atom is -0.392 e. The molecule has 1 aliphatic heterocycles. The predicted octanol–water partition coefficient (Wildman–Crippen LogP) is 3.20. The molecule has 1 unspecified atom stereocenters. The summed E-state index contributed by atoms with van der Waals surface area (Å²) in [4.78, 5) is 14.3. The zero-order valence-electron chi connectivity index (χ0n) is 14.2. The van der Waals surface area contributed by atoms with Crippen LogP contribution in [0.15, 0.2) is 27.4 Å². The van der Waals surface area contributed by atoms with E-state index in [-0.39, 0.29) is 5.76 Å². The quantitative estimate of drug-likeness (QED) is 0.850. The lowest BCUT2D eigenvalue weighted by atomic mass is 9.96. The van der Waals surface area contributed by atoms with Crippen LogP contribution in [0.25, 0.3) is 0 Å². The third kappa shape index (κ3) is 3.24. The highest BCUT2D eigenvalue weighted by atomic mass is 16.4. The van der Waals surface area contributed by atoms with E-state index in [0.717, 1.165) is 25.8 Å². The van der Waals surface area contributed by atoms with Gasteiger partial charge in [0.25, 0.3) is 0 Å². The van der Waals surface area contributed by atoms with Crippen molar-refractivity contribution < 1.29 is 4.42 Å². The molecule has 1 aromatic heterocycles. The molecular weight excluding hydrogens is 290 g/mol. The smallest absolute Gasteiger partial charge is 0.392 e. The summed E-state index contributed by atoms with van der Waals surface area (Å²) in [6.45, 7) is 7.88. The van der Waals surface area contributed by atoms with Crippen molar-refractivity contribution in [3.05, 3.63) is 51.3 Å². The van der Waals surface area contributed by atoms with Gasteiger partial charge in [-0.2, -0.15) is 4.68 Å². The van der Waals surface area contributed by atoms with Crippen molar-refractivity contribution in [1.29, 1.82) is 0 Å². The molecule has 0 saturated carbocycles. The number of likely N-dealkylation sites (tertiary alicyclic amines) is 1. The van der Waals surface area contributed by atoms with E-state index < -0.39 is 0 Å². The zero-order chi connectivity index (χ0) is 16.4. The van der Waals surface area contributed by atoms with E-state index in [2.05, 4.69) is 49.0 Å². The summed E-state index contributed by atoms with van der Waals surface area (Å²) in [5, 5.41) is 4.33. The van der Waals surface area contributed by atoms with E-state index >= 15 is 0 Å². The van der Waals surface area contributed by atoms with Crippen LogP contribution in [-0.4, -0.2) is 21.2 Å². The second-order valence-electron chi connectivity index (χ2n) is 6.41. The first-order chi connectivity index (χ1) is 11.1. The Hall–Kier alpha value is -1.88. The highest BCUT2D eigenvalue weighted by Crippen LogP contribution is 2.34. The molecule has 2 heterocycles. The normalized spacial score (nSPS) is 18.7. The van der Waals surface area contributed by atoms with E-state index in [1.54, 1.807) is 0 Å². The van der Waals surface area contributed by atoms with Crippen molar-refractivity contribution in [2.24, 2.45) is 0 Å². The molecule has 1 aromatic carbocycles. The van der Waals surface area contributed by atoms with Crippen molar-refractivity contribution in [1.82, 2.24) is 14.7 Å². The maximum absolute atomic E-state index is 12.0. The third-order valence-corrected chi connectivity index (χ3v) is 4.80. The van der Waals surface area contributed by atoms with E-state index in [9.17, 15) is 4.79 Å². The van der Waals surface area contributed by atoms with Gasteiger partial charge < -0.3 is 4.42 Å². The molecule has 5 heteroatoms. The molecule has 0 aliphatic carbocycles. The van der Waals surface area contributed by atoms with Crippen LogP contribution in [0.4, 0.5) is 0 Å². The van der Waals surface area contributed by atoms with Crippen LogP contribution in [0.3, 0.4) is 0 Å². The summed E-state index contributed by atoms with van der Waals surface area (Å²) >= 11 is 0. The maximum Gasteiger partial charge on any atom is 0.438 e. The molecule has 124 valence electrons. The Morgan fingerprint density at radius 2 is 2.17 bits per heavy atom. The topological polar surface area (TPSA) is 51.3 Å². The molecule has 1 saturated heterocycles. The first-order valence-corrected chi connectivity index (χ1v) is 8.47. The number of nitrogens with zero attached hydrogens (tertiary/aromatic N) is 3. The molecule has 0 spiro atoms. The van der Waals surface area contributed by atoms with E-state index in [1.807, 2.05) is 0 Å². The van der Waals surface area contributed by atoms with Gasteiger partial charge in [-0.3, -0.25) is 4.90 Å².